The van der Waals surface area contributed by atoms with Gasteiger partial charge < -0.3 is 29.3 Å². The molecule has 12 heteroatoms. The van der Waals surface area contributed by atoms with E-state index in [2.05, 4.69) is 25.2 Å². The molecule has 3 aromatic heterocycles. The summed E-state index contributed by atoms with van der Waals surface area (Å²) >= 11 is 6.46. The van der Waals surface area contributed by atoms with Crippen LogP contribution in [-0.4, -0.2) is 84.0 Å². The molecule has 38 heavy (non-hydrogen) atoms. The number of nitrogens with one attached hydrogen (secondary N) is 1. The molecule has 11 nitrogen and oxygen atoms in total. The van der Waals surface area contributed by atoms with Crippen molar-refractivity contribution in [1.29, 1.82) is 0 Å². The van der Waals surface area contributed by atoms with Crippen LogP contribution >= 0.6 is 11.6 Å². The molecule has 0 bridgehead atoms. The fraction of sp³-hybridized carbons (Fsp3) is 0.308. The minimum Gasteiger partial charge on any atom is -0.494 e. The molecule has 0 spiro atoms. The number of nitrogens with zero attached hydrogens (tertiary/aromatic N) is 6. The van der Waals surface area contributed by atoms with Gasteiger partial charge in [0.1, 0.15) is 23.7 Å². The number of rotatable bonds is 8. The Bertz CT molecular complexity index is 1420. The third-order valence-electron chi connectivity index (χ3n) is 6.25. The zero-order valence-corrected chi connectivity index (χ0v) is 21.9. The fourth-order valence-electron chi connectivity index (χ4n) is 4.27. The summed E-state index contributed by atoms with van der Waals surface area (Å²) in [6, 6.07) is 11.6. The highest BCUT2D eigenvalue weighted by Gasteiger charge is 2.23. The van der Waals surface area contributed by atoms with Gasteiger partial charge in [-0.2, -0.15) is 0 Å². The van der Waals surface area contributed by atoms with Gasteiger partial charge in [-0.1, -0.05) is 17.7 Å². The van der Waals surface area contributed by atoms with Crippen LogP contribution in [-0.2, 0) is 9.47 Å². The normalized spacial score (nSPS) is 13.6. The number of halogens is 1. The minimum absolute atomic E-state index is 0.249. The molecule has 4 aromatic rings. The number of pyridine rings is 1. The van der Waals surface area contributed by atoms with Crippen molar-refractivity contribution in [2.45, 2.75) is 0 Å². The predicted octanol–water partition coefficient (Wildman–Crippen LogP) is 4.10. The first-order valence-corrected chi connectivity index (χ1v) is 12.5. The molecule has 1 aliphatic heterocycles. The molecule has 1 saturated heterocycles. The van der Waals surface area contributed by atoms with Gasteiger partial charge in [0, 0.05) is 51.2 Å². The average molecular weight is 538 g/mol. The lowest BCUT2D eigenvalue weighted by Gasteiger charge is -2.35. The zero-order valence-electron chi connectivity index (χ0n) is 21.1. The lowest BCUT2D eigenvalue weighted by atomic mass is 10.2. The minimum atomic E-state index is -0.315. The molecule has 0 unspecified atom stereocenters. The van der Waals surface area contributed by atoms with Crippen molar-refractivity contribution in [2.24, 2.45) is 0 Å². The van der Waals surface area contributed by atoms with E-state index in [0.717, 1.165) is 17.0 Å². The van der Waals surface area contributed by atoms with Gasteiger partial charge >= 0.3 is 6.09 Å². The number of hydrogen-bond acceptors (Lipinski definition) is 9. The summed E-state index contributed by atoms with van der Waals surface area (Å²) < 4.78 is 17.7. The highest BCUT2D eigenvalue weighted by molar-refractivity contribution is 6.32. The van der Waals surface area contributed by atoms with Crippen molar-refractivity contribution in [3.8, 4) is 17.1 Å². The van der Waals surface area contributed by atoms with E-state index < -0.39 is 0 Å². The Balaban J connectivity index is 1.29. The van der Waals surface area contributed by atoms with Crippen LogP contribution in [0.1, 0.15) is 0 Å². The largest absolute Gasteiger partial charge is 0.494 e. The van der Waals surface area contributed by atoms with Crippen molar-refractivity contribution in [3.05, 3.63) is 60.0 Å². The van der Waals surface area contributed by atoms with Crippen LogP contribution in [0.3, 0.4) is 0 Å². The van der Waals surface area contributed by atoms with Gasteiger partial charge in [-0.25, -0.2) is 19.7 Å². The Morgan fingerprint density at radius 2 is 1.89 bits per heavy atom. The monoisotopic (exact) mass is 537 g/mol. The maximum atomic E-state index is 12.2. The summed E-state index contributed by atoms with van der Waals surface area (Å²) in [7, 11) is 3.19. The molecule has 4 heterocycles. The first-order chi connectivity index (χ1) is 18.6. The van der Waals surface area contributed by atoms with Crippen molar-refractivity contribution < 1.29 is 19.0 Å². The van der Waals surface area contributed by atoms with Crippen LogP contribution in [0.4, 0.5) is 22.1 Å². The maximum Gasteiger partial charge on any atom is 0.409 e. The van der Waals surface area contributed by atoms with Crippen molar-refractivity contribution in [1.82, 2.24) is 24.3 Å². The van der Waals surface area contributed by atoms with Gasteiger partial charge in [-0.05, 0) is 24.3 Å². The van der Waals surface area contributed by atoms with Gasteiger partial charge in [0.15, 0.2) is 0 Å². The summed E-state index contributed by atoms with van der Waals surface area (Å²) in [6.45, 7) is 3.13. The van der Waals surface area contributed by atoms with Gasteiger partial charge in [0.25, 0.3) is 0 Å². The Morgan fingerprint density at radius 1 is 1.05 bits per heavy atom. The van der Waals surface area contributed by atoms with Gasteiger partial charge in [-0.15, -0.1) is 0 Å². The van der Waals surface area contributed by atoms with Crippen LogP contribution in [0.25, 0.3) is 17.0 Å². The molecule has 0 aliphatic carbocycles. The van der Waals surface area contributed by atoms with E-state index in [4.69, 9.17) is 25.8 Å². The van der Waals surface area contributed by atoms with Gasteiger partial charge in [0.05, 0.1) is 42.5 Å². The Kier molecular flexibility index (Phi) is 7.75. The molecule has 0 atom stereocenters. The molecular weight excluding hydrogens is 510 g/mol. The molecule has 1 N–H and O–H groups in total. The number of benzene rings is 1. The summed E-state index contributed by atoms with van der Waals surface area (Å²) in [6.07, 6.45) is 4.90. The molecule has 1 aliphatic rings. The number of aromatic nitrogens is 4. The second kappa shape index (κ2) is 11.5. The van der Waals surface area contributed by atoms with Crippen molar-refractivity contribution in [3.63, 3.8) is 0 Å². The maximum absolute atomic E-state index is 12.2. The molecule has 1 aromatic carbocycles. The van der Waals surface area contributed by atoms with Crippen LogP contribution in [0.5, 0.6) is 5.75 Å². The second-order valence-electron chi connectivity index (χ2n) is 8.55. The molecule has 5 rings (SSSR count). The number of imidazole rings is 1. The zero-order chi connectivity index (χ0) is 26.5. The molecule has 1 amide bonds. The third-order valence-corrected chi connectivity index (χ3v) is 6.53. The quantitative estimate of drug-likeness (QED) is 0.332. The number of ether oxygens (including phenoxy) is 3. The molecule has 0 saturated carbocycles. The SMILES string of the molecule is COCCOC(=O)N1CCN(c2ccc(Nc3ncc(Cl)c(-c4cnc5ccccn45)n3)c(OC)c2)CC1. The predicted molar refractivity (Wildman–Crippen MR) is 145 cm³/mol. The Morgan fingerprint density at radius 3 is 2.68 bits per heavy atom. The van der Waals surface area contributed by atoms with E-state index in [1.807, 2.05) is 47.0 Å². The summed E-state index contributed by atoms with van der Waals surface area (Å²) in [5.74, 6) is 1.01. The second-order valence-corrected chi connectivity index (χ2v) is 8.96. The highest BCUT2D eigenvalue weighted by atomic mass is 35.5. The summed E-state index contributed by atoms with van der Waals surface area (Å²) in [4.78, 5) is 29.5. The molecule has 0 radical (unpaired) electrons. The van der Waals surface area contributed by atoms with Crippen LogP contribution in [0, 0.1) is 0 Å². The number of amides is 1. The number of carbonyl (C=O) groups is 1. The standard InChI is InChI=1S/C26H28ClN7O4/c1-36-13-14-38-26(35)33-11-9-32(10-12-33)18-6-7-20(22(15-18)37-2)30-25-29-16-19(27)24(31-25)21-17-28-23-5-3-4-8-34(21)23/h3-8,15-17H,9-14H2,1-2H3,(H,29,30,31). The summed E-state index contributed by atoms with van der Waals surface area (Å²) in [5, 5.41) is 3.67. The number of anilines is 3. The number of carbonyl (C=O) groups excluding carboxylic acids is 1. The molecule has 1 fully saturated rings. The topological polar surface area (TPSA) is 106 Å². The average Bonchev–Trinajstić information content (AvgIpc) is 3.38. The Labute approximate surface area is 224 Å². The Hall–Kier alpha value is -4.09. The number of hydrogen-bond donors (Lipinski definition) is 1. The smallest absolute Gasteiger partial charge is 0.409 e. The first kappa shape index (κ1) is 25.6. The number of fused-ring (bicyclic) bond motifs is 1. The van der Waals surface area contributed by atoms with E-state index in [1.165, 1.54) is 0 Å². The van der Waals surface area contributed by atoms with Crippen LogP contribution in [0.2, 0.25) is 5.02 Å². The van der Waals surface area contributed by atoms with Crippen LogP contribution in [0.15, 0.2) is 55.0 Å². The van der Waals surface area contributed by atoms with Crippen molar-refractivity contribution in [2.75, 3.05) is 63.8 Å². The molecular formula is C26H28ClN7O4. The lowest BCUT2D eigenvalue weighted by molar-refractivity contribution is 0.0705. The first-order valence-electron chi connectivity index (χ1n) is 12.1. The lowest BCUT2D eigenvalue weighted by Crippen LogP contribution is -2.49. The van der Waals surface area contributed by atoms with E-state index in [9.17, 15) is 4.79 Å². The molecule has 198 valence electrons. The van der Waals surface area contributed by atoms with Crippen molar-refractivity contribution >= 4 is 40.7 Å². The van der Waals surface area contributed by atoms with Gasteiger partial charge in [0.2, 0.25) is 5.95 Å². The number of methoxy groups -OCH3 is 2. The van der Waals surface area contributed by atoms with Crippen LogP contribution < -0.4 is 15.0 Å². The highest BCUT2D eigenvalue weighted by Crippen LogP contribution is 2.33. The third kappa shape index (κ3) is 5.43. The van der Waals surface area contributed by atoms with E-state index >= 15 is 0 Å². The fourth-order valence-corrected chi connectivity index (χ4v) is 4.45. The summed E-state index contributed by atoms with van der Waals surface area (Å²) in [5.41, 5.74) is 3.83. The van der Waals surface area contributed by atoms with E-state index in [1.54, 1.807) is 31.5 Å². The van der Waals surface area contributed by atoms with E-state index in [0.29, 0.717) is 60.9 Å². The van der Waals surface area contributed by atoms with E-state index in [-0.39, 0.29) is 12.7 Å². The number of piperazine rings is 1. The van der Waals surface area contributed by atoms with Gasteiger partial charge in [-0.3, -0.25) is 4.40 Å².